The molecule has 1 amide bonds. The fraction of sp³-hybridized carbons (Fsp3) is 0.300. The molecule has 110 valence electrons. The maximum absolute atomic E-state index is 11.4. The second kappa shape index (κ2) is 5.39. The molecule has 20 heavy (non-hydrogen) atoms. The van der Waals surface area contributed by atoms with E-state index >= 15 is 0 Å². The summed E-state index contributed by atoms with van der Waals surface area (Å²) in [6, 6.07) is 2.74. The lowest BCUT2D eigenvalue weighted by Crippen LogP contribution is -2.63. The first-order chi connectivity index (χ1) is 9.18. The van der Waals surface area contributed by atoms with Gasteiger partial charge in [-0.3, -0.25) is 0 Å². The lowest BCUT2D eigenvalue weighted by atomic mass is 10.3. The number of alkyl halides is 3. The van der Waals surface area contributed by atoms with Crippen molar-refractivity contribution < 1.29 is 19.0 Å². The molecule has 0 spiro atoms. The van der Waals surface area contributed by atoms with Gasteiger partial charge in [-0.05, 0) is 0 Å². The Bertz CT molecular complexity index is 528. The summed E-state index contributed by atoms with van der Waals surface area (Å²) in [6.07, 6.45) is -0.915. The third kappa shape index (κ3) is 2.78. The number of alkyl carbamates (subject to hydrolysis) is 1. The molecule has 0 fully saturated rings. The number of benzene rings is 1. The molecular formula is C10H6Cl5NO4. The molecule has 0 bridgehead atoms. The summed E-state index contributed by atoms with van der Waals surface area (Å²) in [5.41, 5.74) is 0. The molecule has 1 aliphatic heterocycles. The fourth-order valence-corrected chi connectivity index (χ4v) is 2.10. The van der Waals surface area contributed by atoms with Crippen molar-refractivity contribution in [1.82, 2.24) is 5.32 Å². The molecule has 0 unspecified atom stereocenters. The Morgan fingerprint density at radius 2 is 1.65 bits per heavy atom. The quantitative estimate of drug-likeness (QED) is 0.743. The largest absolute Gasteiger partial charge is 0.453 e. The van der Waals surface area contributed by atoms with E-state index in [1.54, 1.807) is 0 Å². The molecule has 0 aliphatic carbocycles. The highest BCUT2D eigenvalue weighted by molar-refractivity contribution is 6.68. The third-order valence-corrected chi connectivity index (χ3v) is 3.79. The predicted molar refractivity (Wildman–Crippen MR) is 76.3 cm³/mol. The van der Waals surface area contributed by atoms with Gasteiger partial charge in [-0.1, -0.05) is 58.0 Å². The summed E-state index contributed by atoms with van der Waals surface area (Å²) in [5.74, 6) is -1.79. The molecule has 10 heteroatoms. The average molecular weight is 381 g/mol. The Kier molecular flexibility index (Phi) is 4.29. The van der Waals surface area contributed by atoms with Gasteiger partial charge in [0.25, 0.3) is 3.79 Å². The van der Waals surface area contributed by atoms with Crippen LogP contribution in [0, 0.1) is 0 Å². The van der Waals surface area contributed by atoms with Crippen LogP contribution in [0.3, 0.4) is 0 Å². The Balaban J connectivity index is 2.41. The molecule has 0 radical (unpaired) electrons. The van der Waals surface area contributed by atoms with E-state index in [1.165, 1.54) is 12.1 Å². The monoisotopic (exact) mass is 379 g/mol. The summed E-state index contributed by atoms with van der Waals surface area (Å²) in [7, 11) is 1.14. The zero-order valence-electron chi connectivity index (χ0n) is 9.68. The predicted octanol–water partition coefficient (Wildman–Crippen LogP) is 4.14. The van der Waals surface area contributed by atoms with Crippen LogP contribution in [0.1, 0.15) is 0 Å². The Hall–Kier alpha value is -0.460. The van der Waals surface area contributed by atoms with Crippen LogP contribution in [0.15, 0.2) is 12.1 Å². The summed E-state index contributed by atoms with van der Waals surface area (Å²) in [5, 5.41) is 2.61. The van der Waals surface area contributed by atoms with Crippen molar-refractivity contribution in [3.05, 3.63) is 22.2 Å². The number of hydrogen-bond acceptors (Lipinski definition) is 4. The molecule has 1 aromatic carbocycles. The van der Waals surface area contributed by atoms with E-state index in [9.17, 15) is 4.79 Å². The Morgan fingerprint density at radius 3 is 2.00 bits per heavy atom. The SMILES string of the molecule is COC(=O)NC1(C(Cl)(Cl)Cl)Oc2cc(Cl)c(Cl)cc2O1. The minimum absolute atomic E-state index is 0.155. The van der Waals surface area contributed by atoms with Crippen molar-refractivity contribution in [2.24, 2.45) is 0 Å². The molecular weight excluding hydrogens is 375 g/mol. The van der Waals surface area contributed by atoms with Crippen LogP contribution in [0.5, 0.6) is 11.5 Å². The number of carbonyl (C=O) groups excluding carboxylic acids is 1. The second-order valence-corrected chi connectivity index (χ2v) is 6.74. The number of halogens is 5. The molecule has 1 aliphatic rings. The number of amides is 1. The molecule has 1 heterocycles. The number of hydrogen-bond donors (Lipinski definition) is 1. The molecule has 0 aromatic heterocycles. The zero-order valence-corrected chi connectivity index (χ0v) is 13.5. The minimum Gasteiger partial charge on any atom is -0.453 e. The van der Waals surface area contributed by atoms with Gasteiger partial charge in [0.1, 0.15) is 0 Å². The van der Waals surface area contributed by atoms with Crippen LogP contribution in [0.4, 0.5) is 4.79 Å². The molecule has 1 aromatic rings. The highest BCUT2D eigenvalue weighted by atomic mass is 35.6. The molecule has 1 N–H and O–H groups in total. The number of nitrogens with one attached hydrogen (secondary N) is 1. The zero-order chi connectivity index (χ0) is 15.1. The van der Waals surface area contributed by atoms with Crippen LogP contribution in [-0.2, 0) is 4.74 Å². The number of rotatable bonds is 1. The highest BCUT2D eigenvalue weighted by Gasteiger charge is 2.60. The van der Waals surface area contributed by atoms with Crippen LogP contribution < -0.4 is 14.8 Å². The van der Waals surface area contributed by atoms with Crippen molar-refractivity contribution in [2.45, 2.75) is 9.70 Å². The Labute approximate surface area is 138 Å². The van der Waals surface area contributed by atoms with Crippen LogP contribution in [0.2, 0.25) is 10.0 Å². The second-order valence-electron chi connectivity index (χ2n) is 3.65. The topological polar surface area (TPSA) is 56.8 Å². The number of methoxy groups -OCH3 is 1. The molecule has 0 atom stereocenters. The van der Waals surface area contributed by atoms with Crippen molar-refractivity contribution >= 4 is 64.1 Å². The van der Waals surface area contributed by atoms with Gasteiger partial charge in [0.15, 0.2) is 11.5 Å². The van der Waals surface area contributed by atoms with E-state index < -0.39 is 15.8 Å². The van der Waals surface area contributed by atoms with Crippen LogP contribution >= 0.6 is 58.0 Å². The average Bonchev–Trinajstić information content (AvgIpc) is 2.67. The van der Waals surface area contributed by atoms with Crippen molar-refractivity contribution in [2.75, 3.05) is 7.11 Å². The van der Waals surface area contributed by atoms with Gasteiger partial charge < -0.3 is 14.2 Å². The van der Waals surface area contributed by atoms with Crippen molar-refractivity contribution in [3.63, 3.8) is 0 Å². The summed E-state index contributed by atoms with van der Waals surface area (Å²) < 4.78 is 13.1. The first-order valence-electron chi connectivity index (χ1n) is 4.98. The molecule has 0 saturated heterocycles. The summed E-state index contributed by atoms with van der Waals surface area (Å²) in [4.78, 5) is 11.4. The fourth-order valence-electron chi connectivity index (χ4n) is 1.42. The van der Waals surface area contributed by atoms with Gasteiger partial charge in [-0.25, -0.2) is 10.1 Å². The third-order valence-electron chi connectivity index (χ3n) is 2.32. The summed E-state index contributed by atoms with van der Waals surface area (Å²) >= 11 is 29.1. The highest BCUT2D eigenvalue weighted by Crippen LogP contribution is 2.50. The smallest absolute Gasteiger partial charge is 0.412 e. The summed E-state index contributed by atoms with van der Waals surface area (Å²) in [6.45, 7) is 0. The van der Waals surface area contributed by atoms with Gasteiger partial charge in [0.05, 0.1) is 17.2 Å². The lowest BCUT2D eigenvalue weighted by Gasteiger charge is -2.32. The van der Waals surface area contributed by atoms with E-state index in [1.807, 2.05) is 0 Å². The van der Waals surface area contributed by atoms with Crippen molar-refractivity contribution in [3.8, 4) is 11.5 Å². The van der Waals surface area contributed by atoms with Gasteiger partial charge in [-0.2, -0.15) is 0 Å². The first-order valence-corrected chi connectivity index (χ1v) is 6.87. The lowest BCUT2D eigenvalue weighted by molar-refractivity contribution is -0.0981. The normalized spacial score (nSPS) is 15.9. The van der Waals surface area contributed by atoms with Crippen molar-refractivity contribution in [1.29, 1.82) is 0 Å². The van der Waals surface area contributed by atoms with Crippen LogP contribution in [-0.4, -0.2) is 22.9 Å². The minimum atomic E-state index is -2.15. The van der Waals surface area contributed by atoms with Gasteiger partial charge >= 0.3 is 12.0 Å². The Morgan fingerprint density at radius 1 is 1.20 bits per heavy atom. The standard InChI is InChI=1S/C10H6Cl5NO4/c1-18-8(17)16-10(9(13,14)15)19-6-2-4(11)5(12)3-7(6)20-10/h2-3H,1H3,(H,16,17). The maximum Gasteiger partial charge on any atom is 0.412 e. The molecule has 0 saturated carbocycles. The van der Waals surface area contributed by atoms with Gasteiger partial charge in [0.2, 0.25) is 0 Å². The number of fused-ring (bicyclic) bond motifs is 1. The van der Waals surface area contributed by atoms with E-state index in [2.05, 4.69) is 10.1 Å². The van der Waals surface area contributed by atoms with Gasteiger partial charge in [-0.15, -0.1) is 0 Å². The van der Waals surface area contributed by atoms with E-state index in [0.29, 0.717) is 0 Å². The first kappa shape index (κ1) is 15.9. The molecule has 2 rings (SSSR count). The van der Waals surface area contributed by atoms with Gasteiger partial charge in [0, 0.05) is 12.1 Å². The number of carbonyl (C=O) groups is 1. The number of ether oxygens (including phenoxy) is 3. The van der Waals surface area contributed by atoms with E-state index in [-0.39, 0.29) is 21.5 Å². The maximum atomic E-state index is 11.4. The van der Waals surface area contributed by atoms with E-state index in [4.69, 9.17) is 67.5 Å². The molecule has 5 nitrogen and oxygen atoms in total. The van der Waals surface area contributed by atoms with E-state index in [0.717, 1.165) is 7.11 Å². The van der Waals surface area contributed by atoms with Crippen LogP contribution in [0.25, 0.3) is 0 Å².